The monoisotopic (exact) mass is 159 g/mol. The molecule has 62 valence electrons. The third-order valence-electron chi connectivity index (χ3n) is 1.60. The zero-order valence-electron chi connectivity index (χ0n) is 7.03. The lowest BCUT2D eigenvalue weighted by Crippen LogP contribution is -1.92. The normalized spacial score (nSPS) is 10.4. The van der Waals surface area contributed by atoms with Crippen LogP contribution >= 0.6 is 0 Å². The fraction of sp³-hybridized carbons (Fsp3) is 0.0909. The van der Waals surface area contributed by atoms with Crippen LogP contribution in [0.4, 0.5) is 0 Å². The summed E-state index contributed by atoms with van der Waals surface area (Å²) in [7, 11) is 0. The first-order valence-corrected chi connectivity index (χ1v) is 3.95. The zero-order valence-corrected chi connectivity index (χ0v) is 7.03. The van der Waals surface area contributed by atoms with Gasteiger partial charge in [-0.1, -0.05) is 49.1 Å². The standard InChI is InChI=1S/C11H13N/c1-10(6-5-9-12)11-7-3-2-4-8-11/h2-8H,1,9,12H2/b6-5-. The first-order valence-electron chi connectivity index (χ1n) is 3.95. The van der Waals surface area contributed by atoms with Crippen molar-refractivity contribution in [3.63, 3.8) is 0 Å². The van der Waals surface area contributed by atoms with Gasteiger partial charge < -0.3 is 5.73 Å². The molecule has 0 spiro atoms. The Balaban J connectivity index is 2.72. The highest BCUT2D eigenvalue weighted by Crippen LogP contribution is 2.11. The minimum atomic E-state index is 0.561. The Hall–Kier alpha value is -1.34. The second-order valence-corrected chi connectivity index (χ2v) is 2.53. The average molecular weight is 159 g/mol. The van der Waals surface area contributed by atoms with E-state index in [-0.39, 0.29) is 0 Å². The topological polar surface area (TPSA) is 26.0 Å². The fourth-order valence-corrected chi connectivity index (χ4v) is 0.959. The van der Waals surface area contributed by atoms with Gasteiger partial charge in [0.1, 0.15) is 0 Å². The van der Waals surface area contributed by atoms with Crippen molar-refractivity contribution in [1.29, 1.82) is 0 Å². The van der Waals surface area contributed by atoms with Gasteiger partial charge in [-0.3, -0.25) is 0 Å². The predicted molar refractivity (Wildman–Crippen MR) is 53.7 cm³/mol. The number of benzene rings is 1. The number of hydrogen-bond donors (Lipinski definition) is 1. The van der Waals surface area contributed by atoms with Crippen LogP contribution in [0.3, 0.4) is 0 Å². The highest BCUT2D eigenvalue weighted by atomic mass is 14.5. The first-order chi connectivity index (χ1) is 5.84. The third kappa shape index (κ3) is 2.36. The van der Waals surface area contributed by atoms with Crippen LogP contribution in [0.5, 0.6) is 0 Å². The SMILES string of the molecule is C=C(/C=C\CN)c1ccccc1. The summed E-state index contributed by atoms with van der Waals surface area (Å²) < 4.78 is 0. The van der Waals surface area contributed by atoms with Gasteiger partial charge in [-0.15, -0.1) is 0 Å². The van der Waals surface area contributed by atoms with Crippen molar-refractivity contribution in [3.8, 4) is 0 Å². The highest BCUT2D eigenvalue weighted by molar-refractivity contribution is 5.71. The molecule has 0 aliphatic carbocycles. The maximum atomic E-state index is 5.33. The Morgan fingerprint density at radius 3 is 2.58 bits per heavy atom. The van der Waals surface area contributed by atoms with Crippen LogP contribution in [0.1, 0.15) is 5.56 Å². The van der Waals surface area contributed by atoms with E-state index >= 15 is 0 Å². The van der Waals surface area contributed by atoms with Crippen LogP contribution in [0.25, 0.3) is 5.57 Å². The second kappa shape index (κ2) is 4.52. The molecule has 0 aliphatic rings. The number of hydrogen-bond acceptors (Lipinski definition) is 1. The molecule has 0 amide bonds. The minimum absolute atomic E-state index is 0.561. The van der Waals surface area contributed by atoms with Crippen molar-refractivity contribution in [1.82, 2.24) is 0 Å². The molecule has 1 aromatic carbocycles. The van der Waals surface area contributed by atoms with E-state index in [0.29, 0.717) is 6.54 Å². The van der Waals surface area contributed by atoms with Crippen molar-refractivity contribution in [3.05, 3.63) is 54.6 Å². The van der Waals surface area contributed by atoms with Crippen molar-refractivity contribution in [2.45, 2.75) is 0 Å². The van der Waals surface area contributed by atoms with Gasteiger partial charge in [0.15, 0.2) is 0 Å². The molecule has 0 radical (unpaired) electrons. The molecule has 0 saturated carbocycles. The Labute approximate surface area is 73.2 Å². The van der Waals surface area contributed by atoms with Crippen LogP contribution in [-0.4, -0.2) is 6.54 Å². The number of rotatable bonds is 3. The van der Waals surface area contributed by atoms with E-state index in [2.05, 4.69) is 6.58 Å². The molecular formula is C11H13N. The second-order valence-electron chi connectivity index (χ2n) is 2.53. The maximum Gasteiger partial charge on any atom is 0.0110 e. The summed E-state index contributed by atoms with van der Waals surface area (Å²) in [5.74, 6) is 0. The smallest absolute Gasteiger partial charge is 0.0110 e. The lowest BCUT2D eigenvalue weighted by Gasteiger charge is -1.97. The van der Waals surface area contributed by atoms with Gasteiger partial charge in [-0.05, 0) is 11.1 Å². The minimum Gasteiger partial charge on any atom is -0.327 e. The number of allylic oxidation sites excluding steroid dienone is 2. The van der Waals surface area contributed by atoms with E-state index in [1.807, 2.05) is 42.5 Å². The summed E-state index contributed by atoms with van der Waals surface area (Å²) in [5, 5.41) is 0. The van der Waals surface area contributed by atoms with E-state index in [0.717, 1.165) is 11.1 Å². The largest absolute Gasteiger partial charge is 0.327 e. The molecule has 1 rings (SSSR count). The van der Waals surface area contributed by atoms with Crippen LogP contribution in [0.15, 0.2) is 49.1 Å². The predicted octanol–water partition coefficient (Wildman–Crippen LogP) is 2.21. The summed E-state index contributed by atoms with van der Waals surface area (Å²) in [6.07, 6.45) is 3.84. The molecule has 1 nitrogen and oxygen atoms in total. The van der Waals surface area contributed by atoms with Crippen LogP contribution < -0.4 is 5.73 Å². The molecule has 0 fully saturated rings. The summed E-state index contributed by atoms with van der Waals surface area (Å²) in [6, 6.07) is 10.0. The van der Waals surface area contributed by atoms with Crippen molar-refractivity contribution >= 4 is 5.57 Å². The summed E-state index contributed by atoms with van der Waals surface area (Å²) in [4.78, 5) is 0. The molecule has 12 heavy (non-hydrogen) atoms. The van der Waals surface area contributed by atoms with E-state index in [9.17, 15) is 0 Å². The van der Waals surface area contributed by atoms with Gasteiger partial charge in [0.05, 0.1) is 0 Å². The summed E-state index contributed by atoms with van der Waals surface area (Å²) >= 11 is 0. The van der Waals surface area contributed by atoms with Gasteiger partial charge in [0.2, 0.25) is 0 Å². The molecular weight excluding hydrogens is 146 g/mol. The van der Waals surface area contributed by atoms with Crippen molar-refractivity contribution in [2.24, 2.45) is 5.73 Å². The average Bonchev–Trinajstić information content (AvgIpc) is 2.15. The molecule has 0 atom stereocenters. The van der Waals surface area contributed by atoms with Crippen LogP contribution in [-0.2, 0) is 0 Å². The Kier molecular flexibility index (Phi) is 3.30. The van der Waals surface area contributed by atoms with Gasteiger partial charge in [-0.2, -0.15) is 0 Å². The third-order valence-corrected chi connectivity index (χ3v) is 1.60. The zero-order chi connectivity index (χ0) is 8.81. The Morgan fingerprint density at radius 1 is 1.33 bits per heavy atom. The van der Waals surface area contributed by atoms with Crippen LogP contribution in [0, 0.1) is 0 Å². The fourth-order valence-electron chi connectivity index (χ4n) is 0.959. The van der Waals surface area contributed by atoms with Gasteiger partial charge in [-0.25, -0.2) is 0 Å². The molecule has 2 N–H and O–H groups in total. The van der Waals surface area contributed by atoms with Crippen molar-refractivity contribution in [2.75, 3.05) is 6.54 Å². The van der Waals surface area contributed by atoms with E-state index in [4.69, 9.17) is 5.73 Å². The molecule has 1 heteroatoms. The Morgan fingerprint density at radius 2 is 2.00 bits per heavy atom. The van der Waals surface area contributed by atoms with E-state index < -0.39 is 0 Å². The molecule has 0 aliphatic heterocycles. The molecule has 1 aromatic rings. The quantitative estimate of drug-likeness (QED) is 0.672. The lowest BCUT2D eigenvalue weighted by atomic mass is 10.1. The highest BCUT2D eigenvalue weighted by Gasteiger charge is 1.90. The molecule has 0 unspecified atom stereocenters. The van der Waals surface area contributed by atoms with Crippen LogP contribution in [0.2, 0.25) is 0 Å². The van der Waals surface area contributed by atoms with Crippen molar-refractivity contribution < 1.29 is 0 Å². The summed E-state index contributed by atoms with van der Waals surface area (Å²) in [6.45, 7) is 4.48. The first kappa shape index (κ1) is 8.75. The van der Waals surface area contributed by atoms with Gasteiger partial charge in [0.25, 0.3) is 0 Å². The lowest BCUT2D eigenvalue weighted by molar-refractivity contribution is 1.26. The summed E-state index contributed by atoms with van der Waals surface area (Å²) in [5.41, 5.74) is 7.47. The van der Waals surface area contributed by atoms with E-state index in [1.165, 1.54) is 0 Å². The van der Waals surface area contributed by atoms with Gasteiger partial charge in [0, 0.05) is 6.54 Å². The van der Waals surface area contributed by atoms with E-state index in [1.54, 1.807) is 0 Å². The molecule has 0 bridgehead atoms. The Bertz CT molecular complexity index is 272. The molecule has 0 saturated heterocycles. The molecule has 0 aromatic heterocycles. The number of nitrogens with two attached hydrogens (primary N) is 1. The molecule has 0 heterocycles. The van der Waals surface area contributed by atoms with Gasteiger partial charge >= 0.3 is 0 Å². The maximum absolute atomic E-state index is 5.33.